The van der Waals surface area contributed by atoms with Gasteiger partial charge in [0.05, 0.1) is 12.1 Å². The van der Waals surface area contributed by atoms with E-state index in [0.29, 0.717) is 6.42 Å². The van der Waals surface area contributed by atoms with E-state index in [1.165, 1.54) is 6.92 Å². The molecule has 0 aromatic heterocycles. The lowest BCUT2D eigenvalue weighted by Gasteiger charge is -2.36. The third-order valence-electron chi connectivity index (χ3n) is 4.69. The maximum atomic E-state index is 11.7. The normalized spacial score (nSPS) is 28.5. The predicted molar refractivity (Wildman–Crippen MR) is 89.1 cm³/mol. The molecule has 0 aromatic rings. The fourth-order valence-corrected chi connectivity index (χ4v) is 3.41. The van der Waals surface area contributed by atoms with Gasteiger partial charge in [0, 0.05) is 20.1 Å². The molecule has 0 spiro atoms. The Labute approximate surface area is 138 Å². The zero-order chi connectivity index (χ0) is 17.6. The quantitative estimate of drug-likeness (QED) is 0.589. The zero-order valence-electron chi connectivity index (χ0n) is 14.7. The number of carboxylic acids is 1. The Balaban J connectivity index is 3.11. The van der Waals surface area contributed by atoms with E-state index >= 15 is 0 Å². The third kappa shape index (κ3) is 5.04. The van der Waals surface area contributed by atoms with Crippen LogP contribution in [0.4, 0.5) is 0 Å². The van der Waals surface area contributed by atoms with Crippen LogP contribution in [0.25, 0.3) is 0 Å². The second kappa shape index (κ2) is 9.03. The van der Waals surface area contributed by atoms with Crippen LogP contribution in [0, 0.1) is 11.8 Å². The number of hydrogen-bond donors (Lipinski definition) is 3. The Morgan fingerprint density at radius 2 is 2.13 bits per heavy atom. The average Bonchev–Trinajstić information content (AvgIpc) is 2.90. The van der Waals surface area contributed by atoms with Gasteiger partial charge >= 0.3 is 5.97 Å². The summed E-state index contributed by atoms with van der Waals surface area (Å²) in [5, 5.41) is 15.5. The lowest BCUT2D eigenvalue weighted by atomic mass is 9.85. The van der Waals surface area contributed by atoms with E-state index in [-0.39, 0.29) is 35.9 Å². The Kier molecular flexibility index (Phi) is 7.72. The molecule has 1 fully saturated rings. The molecule has 1 heterocycles. The topological polar surface area (TPSA) is 87.7 Å². The molecule has 23 heavy (non-hydrogen) atoms. The maximum Gasteiger partial charge on any atom is 0.320 e. The summed E-state index contributed by atoms with van der Waals surface area (Å²) in [5.41, 5.74) is 0. The van der Waals surface area contributed by atoms with Crippen LogP contribution in [-0.4, -0.2) is 48.3 Å². The largest absolute Gasteiger partial charge is 0.480 e. The Bertz CT molecular complexity index is 438. The average molecular weight is 326 g/mol. The predicted octanol–water partition coefficient (Wildman–Crippen LogP) is 1.56. The first kappa shape index (κ1) is 19.6. The molecule has 0 aromatic carbocycles. The van der Waals surface area contributed by atoms with Crippen LogP contribution in [0.2, 0.25) is 0 Å². The van der Waals surface area contributed by atoms with Crippen molar-refractivity contribution in [2.24, 2.45) is 11.8 Å². The molecular formula is C17H30N2O4. The van der Waals surface area contributed by atoms with Crippen molar-refractivity contribution in [2.75, 3.05) is 7.11 Å². The molecular weight excluding hydrogens is 296 g/mol. The minimum Gasteiger partial charge on any atom is -0.480 e. The van der Waals surface area contributed by atoms with E-state index in [4.69, 9.17) is 4.74 Å². The molecule has 6 atom stereocenters. The lowest BCUT2D eigenvalue weighted by Crippen LogP contribution is -2.58. The third-order valence-corrected chi connectivity index (χ3v) is 4.69. The van der Waals surface area contributed by atoms with Gasteiger partial charge < -0.3 is 15.2 Å². The van der Waals surface area contributed by atoms with Crippen molar-refractivity contribution in [3.8, 4) is 0 Å². The van der Waals surface area contributed by atoms with Crippen molar-refractivity contribution in [3.63, 3.8) is 0 Å². The number of amides is 1. The fourth-order valence-electron chi connectivity index (χ4n) is 3.41. The van der Waals surface area contributed by atoms with Gasteiger partial charge in [0.25, 0.3) is 0 Å². The molecule has 6 heteroatoms. The molecule has 1 saturated heterocycles. The number of allylic oxidation sites excluding steroid dienone is 1. The number of ether oxygens (including phenoxy) is 1. The fraction of sp³-hybridized carbons (Fsp3) is 0.765. The highest BCUT2D eigenvalue weighted by atomic mass is 16.5. The zero-order valence-corrected chi connectivity index (χ0v) is 14.7. The van der Waals surface area contributed by atoms with Gasteiger partial charge in [0.2, 0.25) is 5.91 Å². The van der Waals surface area contributed by atoms with E-state index in [2.05, 4.69) is 24.5 Å². The number of carbonyl (C=O) groups is 2. The minimum atomic E-state index is -0.860. The number of methoxy groups -OCH3 is 1. The van der Waals surface area contributed by atoms with Crippen LogP contribution in [-0.2, 0) is 14.3 Å². The van der Waals surface area contributed by atoms with Gasteiger partial charge in [-0.05, 0) is 25.2 Å². The minimum absolute atomic E-state index is 0.0413. The molecule has 0 radical (unpaired) electrons. The van der Waals surface area contributed by atoms with Crippen LogP contribution < -0.4 is 10.6 Å². The van der Waals surface area contributed by atoms with Gasteiger partial charge in [-0.2, -0.15) is 0 Å². The highest BCUT2D eigenvalue weighted by Gasteiger charge is 2.44. The summed E-state index contributed by atoms with van der Waals surface area (Å²) in [5.74, 6) is -0.713. The van der Waals surface area contributed by atoms with Crippen LogP contribution in [0.15, 0.2) is 12.2 Å². The van der Waals surface area contributed by atoms with Gasteiger partial charge in [-0.3, -0.25) is 14.9 Å². The first-order chi connectivity index (χ1) is 10.8. The van der Waals surface area contributed by atoms with Crippen LogP contribution >= 0.6 is 0 Å². The van der Waals surface area contributed by atoms with Crippen molar-refractivity contribution in [3.05, 3.63) is 12.2 Å². The lowest BCUT2D eigenvalue weighted by molar-refractivity contribution is -0.139. The number of aliphatic carboxylic acids is 1. The summed E-state index contributed by atoms with van der Waals surface area (Å²) in [6.45, 7) is 7.55. The maximum absolute atomic E-state index is 11.7. The van der Waals surface area contributed by atoms with Crippen molar-refractivity contribution in [1.29, 1.82) is 0 Å². The van der Waals surface area contributed by atoms with Gasteiger partial charge in [-0.15, -0.1) is 0 Å². The van der Waals surface area contributed by atoms with Gasteiger partial charge in [0.1, 0.15) is 6.04 Å². The highest BCUT2D eigenvalue weighted by molar-refractivity contribution is 5.75. The van der Waals surface area contributed by atoms with E-state index in [0.717, 1.165) is 6.42 Å². The van der Waals surface area contributed by atoms with E-state index in [9.17, 15) is 14.7 Å². The van der Waals surface area contributed by atoms with Crippen molar-refractivity contribution in [1.82, 2.24) is 10.6 Å². The van der Waals surface area contributed by atoms with E-state index in [1.54, 1.807) is 7.11 Å². The van der Waals surface area contributed by atoms with Crippen molar-refractivity contribution < 1.29 is 19.4 Å². The van der Waals surface area contributed by atoms with Crippen LogP contribution in [0.3, 0.4) is 0 Å². The van der Waals surface area contributed by atoms with Crippen molar-refractivity contribution in [2.45, 2.75) is 64.8 Å². The van der Waals surface area contributed by atoms with E-state index < -0.39 is 12.0 Å². The van der Waals surface area contributed by atoms with Gasteiger partial charge in [-0.25, -0.2) is 0 Å². The molecule has 1 aliphatic rings. The number of nitrogens with one attached hydrogen (secondary N) is 2. The summed E-state index contributed by atoms with van der Waals surface area (Å²) in [4.78, 5) is 23.1. The molecule has 1 rings (SSSR count). The Morgan fingerprint density at radius 1 is 1.48 bits per heavy atom. The van der Waals surface area contributed by atoms with Gasteiger partial charge in [-0.1, -0.05) is 32.4 Å². The summed E-state index contributed by atoms with van der Waals surface area (Å²) >= 11 is 0. The Morgan fingerprint density at radius 3 is 2.57 bits per heavy atom. The SMILES string of the molecule is C/C=C\[C@@H]1C[C@H](C(=O)O)N[C@H]1[C@@H](NC(C)=O)[C@@H](OC)[C@@H](C)CC. The number of rotatable bonds is 8. The summed E-state index contributed by atoms with van der Waals surface area (Å²) in [7, 11) is 1.64. The monoisotopic (exact) mass is 326 g/mol. The smallest absolute Gasteiger partial charge is 0.320 e. The van der Waals surface area contributed by atoms with Crippen LogP contribution in [0.1, 0.15) is 40.5 Å². The van der Waals surface area contributed by atoms with Crippen LogP contribution in [0.5, 0.6) is 0 Å². The standard InChI is InChI=1S/C17H30N2O4/c1-6-8-12-9-13(17(21)22)19-14(12)15(18-11(4)20)16(23-5)10(3)7-2/h6,8,10,12-16,19H,7,9H2,1-5H3,(H,18,20)(H,21,22)/b8-6-/t10-,12+,13+,14+,15+,16-/m0/s1. The molecule has 3 N–H and O–H groups in total. The molecule has 6 nitrogen and oxygen atoms in total. The second-order valence-electron chi connectivity index (χ2n) is 6.32. The first-order valence-corrected chi connectivity index (χ1v) is 8.27. The number of carboxylic acid groups (broad SMARTS) is 1. The summed E-state index contributed by atoms with van der Waals surface area (Å²) in [6, 6.07) is -1.06. The molecule has 1 aliphatic heterocycles. The van der Waals surface area contributed by atoms with E-state index in [1.807, 2.05) is 19.1 Å². The first-order valence-electron chi connectivity index (χ1n) is 8.27. The summed E-state index contributed by atoms with van der Waals surface area (Å²) in [6.07, 6.45) is 5.19. The highest BCUT2D eigenvalue weighted by Crippen LogP contribution is 2.29. The van der Waals surface area contributed by atoms with Crippen molar-refractivity contribution >= 4 is 11.9 Å². The Hall–Kier alpha value is -1.40. The molecule has 132 valence electrons. The number of carbonyl (C=O) groups excluding carboxylic acids is 1. The number of hydrogen-bond acceptors (Lipinski definition) is 4. The summed E-state index contributed by atoms with van der Waals surface area (Å²) < 4.78 is 5.67. The molecule has 0 unspecified atom stereocenters. The molecule has 0 bridgehead atoms. The molecule has 1 amide bonds. The molecule has 0 saturated carbocycles. The van der Waals surface area contributed by atoms with Gasteiger partial charge in [0.15, 0.2) is 0 Å². The molecule has 0 aliphatic carbocycles. The second-order valence-corrected chi connectivity index (χ2v) is 6.32.